The zero-order valence-electron chi connectivity index (χ0n) is 6.92. The van der Waals surface area contributed by atoms with E-state index in [0.717, 1.165) is 0 Å². The van der Waals surface area contributed by atoms with Crippen LogP contribution in [0.15, 0.2) is 0 Å². The van der Waals surface area contributed by atoms with E-state index in [0.29, 0.717) is 0 Å². The number of alkyl halides is 2. The number of rotatable bonds is 4. The van der Waals surface area contributed by atoms with Crippen LogP contribution in [0.5, 0.6) is 0 Å². The number of aliphatic carboxylic acids is 2. The zero-order valence-corrected chi connectivity index (χ0v) is 13.9. The van der Waals surface area contributed by atoms with E-state index in [2.05, 4.69) is 0 Å². The van der Waals surface area contributed by atoms with Crippen LogP contribution in [0.1, 0.15) is 12.8 Å². The molecule has 0 saturated carbocycles. The molecule has 0 N–H and O–H groups in total. The predicted molar refractivity (Wildman–Crippen MR) is 40.7 cm³/mol. The van der Waals surface area contributed by atoms with Gasteiger partial charge in [0.15, 0.2) is 0 Å². The van der Waals surface area contributed by atoms with E-state index >= 15 is 0 Å². The summed E-state index contributed by atoms with van der Waals surface area (Å²) in [4.78, 5) is 18.8. The molecule has 0 aromatic heterocycles. The van der Waals surface area contributed by atoms with Crippen molar-refractivity contribution in [3.05, 3.63) is 0 Å². The molecule has 0 saturated heterocycles. The molecule has 13 heavy (non-hydrogen) atoms. The largest absolute Gasteiger partial charge is 2.00 e. The van der Waals surface area contributed by atoms with Crippen LogP contribution in [-0.4, -0.2) is 23.7 Å². The molecular formula is C6H8Cl2HgO4. The fraction of sp³-hybridized carbons (Fsp3) is 0.667. The van der Waals surface area contributed by atoms with Gasteiger partial charge >= 0.3 is 27.7 Å². The van der Waals surface area contributed by atoms with Crippen LogP contribution in [0.4, 0.5) is 0 Å². The number of halogens is 2. The molecule has 0 aromatic carbocycles. The molecule has 0 unspecified atom stereocenters. The number of carbonyl (C=O) groups excluding carboxylic acids is 2. The molecule has 0 amide bonds. The van der Waals surface area contributed by atoms with Gasteiger partial charge in [-0.2, -0.15) is 0 Å². The van der Waals surface area contributed by atoms with Crippen LogP contribution in [0.25, 0.3) is 0 Å². The van der Waals surface area contributed by atoms with E-state index in [1.54, 1.807) is 0 Å². The molecule has 0 heterocycles. The third-order valence-electron chi connectivity index (χ3n) is 0.597. The van der Waals surface area contributed by atoms with E-state index in [-0.39, 0.29) is 52.3 Å². The van der Waals surface area contributed by atoms with E-state index in [1.807, 2.05) is 0 Å². The Kier molecular flexibility index (Phi) is 22.0. The molecule has 4 nitrogen and oxygen atoms in total. The van der Waals surface area contributed by atoms with Crippen LogP contribution >= 0.6 is 23.2 Å². The topological polar surface area (TPSA) is 80.3 Å². The summed E-state index contributed by atoms with van der Waals surface area (Å²) in [5, 5.41) is 18.8. The standard InChI is InChI=1S/2C3H5ClO2.Hg/c2*4-2-1-3(5)6;/h2*1-2H2,(H,5,6);/q;;+2/p-2. The summed E-state index contributed by atoms with van der Waals surface area (Å²) in [5.74, 6) is -1.90. The summed E-state index contributed by atoms with van der Waals surface area (Å²) in [6.07, 6.45) is -0.108. The molecular weight excluding hydrogens is 408 g/mol. The van der Waals surface area contributed by atoms with Gasteiger partial charge in [-0.05, 0) is 0 Å². The normalized spacial score (nSPS) is 7.54. The molecule has 72 valence electrons. The van der Waals surface area contributed by atoms with Crippen molar-refractivity contribution < 1.29 is 47.5 Å². The molecule has 0 aliphatic carbocycles. The monoisotopic (exact) mass is 416 g/mol. The average Bonchev–Trinajstić information content (AvgIpc) is 1.87. The van der Waals surface area contributed by atoms with Crippen molar-refractivity contribution in [2.24, 2.45) is 0 Å². The molecule has 0 bridgehead atoms. The summed E-state index contributed by atoms with van der Waals surface area (Å²) >= 11 is 9.95. The van der Waals surface area contributed by atoms with Crippen molar-refractivity contribution in [1.29, 1.82) is 0 Å². The van der Waals surface area contributed by atoms with Gasteiger partial charge in [0.05, 0.1) is 0 Å². The second-order valence-corrected chi connectivity index (χ2v) is 2.38. The predicted octanol–water partition coefficient (Wildman–Crippen LogP) is -1.27. The molecule has 7 heteroatoms. The van der Waals surface area contributed by atoms with Crippen molar-refractivity contribution in [3.63, 3.8) is 0 Å². The van der Waals surface area contributed by atoms with Crippen LogP contribution in [0.3, 0.4) is 0 Å². The first kappa shape index (κ1) is 19.1. The van der Waals surface area contributed by atoms with E-state index in [4.69, 9.17) is 23.2 Å². The summed E-state index contributed by atoms with van der Waals surface area (Å²) in [6, 6.07) is 0. The minimum Gasteiger partial charge on any atom is -0.550 e. The molecule has 0 aliphatic rings. The first-order valence-corrected chi connectivity index (χ1v) is 4.13. The maximum atomic E-state index is 9.40. The van der Waals surface area contributed by atoms with E-state index < -0.39 is 11.9 Å². The molecule has 0 aromatic rings. The minimum atomic E-state index is -1.09. The summed E-state index contributed by atoms with van der Waals surface area (Å²) < 4.78 is 0. The Balaban J connectivity index is -0.000000143. The van der Waals surface area contributed by atoms with Crippen LogP contribution in [-0.2, 0) is 37.3 Å². The SMILES string of the molecule is O=C([O-])CCCl.O=C([O-])CCCl.[Hg+2]. The Morgan fingerprint density at radius 3 is 1.15 bits per heavy atom. The Morgan fingerprint density at radius 1 is 0.923 bits per heavy atom. The molecule has 0 fully saturated rings. The van der Waals surface area contributed by atoms with E-state index in [9.17, 15) is 19.8 Å². The number of carboxylic acids is 2. The van der Waals surface area contributed by atoms with E-state index in [1.165, 1.54) is 0 Å². The van der Waals surface area contributed by atoms with Gasteiger partial charge < -0.3 is 19.8 Å². The Hall–Kier alpha value is 0.455. The maximum Gasteiger partial charge on any atom is 2.00 e. The summed E-state index contributed by atoms with van der Waals surface area (Å²) in [7, 11) is 0. The number of carboxylic acid groups (broad SMARTS) is 2. The smallest absolute Gasteiger partial charge is 0.550 e. The van der Waals surface area contributed by atoms with Crippen LogP contribution in [0.2, 0.25) is 0 Å². The zero-order chi connectivity index (χ0) is 9.98. The third-order valence-corrected chi connectivity index (χ3v) is 0.975. The Labute approximate surface area is 107 Å². The number of hydrogen-bond donors (Lipinski definition) is 0. The van der Waals surface area contributed by atoms with Crippen molar-refractivity contribution in [2.45, 2.75) is 12.8 Å². The van der Waals surface area contributed by atoms with Crippen molar-refractivity contribution >= 4 is 35.1 Å². The summed E-state index contributed by atoms with van der Waals surface area (Å²) in [5.41, 5.74) is 0. The maximum absolute atomic E-state index is 9.40. The van der Waals surface area contributed by atoms with Crippen molar-refractivity contribution in [1.82, 2.24) is 0 Å². The second kappa shape index (κ2) is 15.0. The average molecular weight is 416 g/mol. The molecule has 0 spiro atoms. The van der Waals surface area contributed by atoms with Gasteiger partial charge in [-0.1, -0.05) is 0 Å². The van der Waals surface area contributed by atoms with Crippen LogP contribution in [0, 0.1) is 0 Å². The van der Waals surface area contributed by atoms with Gasteiger partial charge in [-0.25, -0.2) is 0 Å². The third kappa shape index (κ3) is 32.7. The van der Waals surface area contributed by atoms with Gasteiger partial charge in [0.1, 0.15) is 0 Å². The Bertz CT molecular complexity index is 127. The van der Waals surface area contributed by atoms with Gasteiger partial charge in [0.25, 0.3) is 0 Å². The van der Waals surface area contributed by atoms with Gasteiger partial charge in [-0.3, -0.25) is 0 Å². The van der Waals surface area contributed by atoms with Crippen molar-refractivity contribution in [2.75, 3.05) is 11.8 Å². The first-order valence-electron chi connectivity index (χ1n) is 3.06. The second-order valence-electron chi connectivity index (χ2n) is 1.62. The molecule has 0 aliphatic heterocycles. The van der Waals surface area contributed by atoms with Gasteiger partial charge in [-0.15, -0.1) is 23.2 Å². The molecule has 0 atom stereocenters. The molecule has 0 rings (SSSR count). The number of carbonyl (C=O) groups is 2. The Morgan fingerprint density at radius 2 is 1.15 bits per heavy atom. The molecule has 0 radical (unpaired) electrons. The van der Waals surface area contributed by atoms with Gasteiger partial charge in [0.2, 0.25) is 0 Å². The summed E-state index contributed by atoms with van der Waals surface area (Å²) in [6.45, 7) is 0. The van der Waals surface area contributed by atoms with Gasteiger partial charge in [0, 0.05) is 36.5 Å². The quantitative estimate of drug-likeness (QED) is 0.424. The number of hydrogen-bond acceptors (Lipinski definition) is 4. The first-order chi connectivity index (χ1) is 5.54. The fourth-order valence-electron chi connectivity index (χ4n) is 0.154. The van der Waals surface area contributed by atoms with Crippen molar-refractivity contribution in [3.8, 4) is 0 Å². The fourth-order valence-corrected chi connectivity index (χ4v) is 0.463. The minimum absolute atomic E-state index is 0. The van der Waals surface area contributed by atoms with Crippen LogP contribution < -0.4 is 10.2 Å².